The highest BCUT2D eigenvalue weighted by atomic mass is 16.6. The molecule has 14 heavy (non-hydrogen) atoms. The van der Waals surface area contributed by atoms with Gasteiger partial charge in [0.05, 0.1) is 25.4 Å². The number of ether oxygens (including phenoxy) is 3. The molecule has 2 atom stereocenters. The summed E-state index contributed by atoms with van der Waals surface area (Å²) < 4.78 is 16.3. The topological polar surface area (TPSA) is 27.7 Å². The lowest BCUT2D eigenvalue weighted by Crippen LogP contribution is -2.23. The zero-order valence-electron chi connectivity index (χ0n) is 9.91. The maximum absolute atomic E-state index is 5.55. The van der Waals surface area contributed by atoms with Gasteiger partial charge in [0.2, 0.25) is 0 Å². The van der Waals surface area contributed by atoms with Gasteiger partial charge in [0.15, 0.2) is 0 Å². The molecular formula is C11H24O3. The van der Waals surface area contributed by atoms with Crippen molar-refractivity contribution in [2.24, 2.45) is 0 Å². The lowest BCUT2D eigenvalue weighted by Gasteiger charge is -2.17. The van der Waals surface area contributed by atoms with Crippen LogP contribution in [-0.2, 0) is 14.2 Å². The van der Waals surface area contributed by atoms with Crippen LogP contribution in [0.25, 0.3) is 0 Å². The maximum atomic E-state index is 5.55. The van der Waals surface area contributed by atoms with Gasteiger partial charge in [0.25, 0.3) is 0 Å². The minimum absolute atomic E-state index is 0.157. The second-order valence-corrected chi connectivity index (χ2v) is 3.48. The van der Waals surface area contributed by atoms with Crippen LogP contribution in [0, 0.1) is 0 Å². The third kappa shape index (κ3) is 8.48. The fourth-order valence-electron chi connectivity index (χ4n) is 1.07. The van der Waals surface area contributed by atoms with E-state index < -0.39 is 0 Å². The Labute approximate surface area is 87.7 Å². The van der Waals surface area contributed by atoms with Crippen molar-refractivity contribution >= 4 is 0 Å². The third-order valence-corrected chi connectivity index (χ3v) is 1.77. The highest BCUT2D eigenvalue weighted by Gasteiger charge is 2.06. The lowest BCUT2D eigenvalue weighted by molar-refractivity contribution is -0.0546. The summed E-state index contributed by atoms with van der Waals surface area (Å²) in [4.78, 5) is 0. The Morgan fingerprint density at radius 1 is 0.929 bits per heavy atom. The molecule has 0 N–H and O–H groups in total. The lowest BCUT2D eigenvalue weighted by atomic mass is 10.4. The molecule has 0 fully saturated rings. The molecule has 0 radical (unpaired) electrons. The Bertz CT molecular complexity index is 117. The van der Waals surface area contributed by atoms with E-state index in [0.29, 0.717) is 13.2 Å². The van der Waals surface area contributed by atoms with Gasteiger partial charge in [-0.25, -0.2) is 0 Å². The van der Waals surface area contributed by atoms with Crippen molar-refractivity contribution in [3.63, 3.8) is 0 Å². The van der Waals surface area contributed by atoms with Gasteiger partial charge in [-0.2, -0.15) is 0 Å². The summed E-state index contributed by atoms with van der Waals surface area (Å²) in [5.41, 5.74) is 0. The first-order valence-corrected chi connectivity index (χ1v) is 5.51. The van der Waals surface area contributed by atoms with Crippen LogP contribution in [0.3, 0.4) is 0 Å². The summed E-state index contributed by atoms with van der Waals surface area (Å²) in [6.07, 6.45) is 1.39. The van der Waals surface area contributed by atoms with Gasteiger partial charge < -0.3 is 14.2 Å². The fourth-order valence-corrected chi connectivity index (χ4v) is 1.07. The monoisotopic (exact) mass is 204 g/mol. The average Bonchev–Trinajstić information content (AvgIpc) is 2.16. The van der Waals surface area contributed by atoms with Crippen molar-refractivity contribution in [1.82, 2.24) is 0 Å². The number of hydrogen-bond donors (Lipinski definition) is 0. The summed E-state index contributed by atoms with van der Waals surface area (Å²) in [7, 11) is 0. The van der Waals surface area contributed by atoms with Gasteiger partial charge in [-0.05, 0) is 27.2 Å². The van der Waals surface area contributed by atoms with Crippen LogP contribution >= 0.6 is 0 Å². The largest absolute Gasteiger partial charge is 0.379 e. The van der Waals surface area contributed by atoms with Crippen LogP contribution in [0.15, 0.2) is 0 Å². The van der Waals surface area contributed by atoms with Crippen molar-refractivity contribution in [3.8, 4) is 0 Å². The van der Waals surface area contributed by atoms with E-state index in [1.807, 2.05) is 20.8 Å². The number of rotatable bonds is 9. The van der Waals surface area contributed by atoms with Crippen molar-refractivity contribution in [1.29, 1.82) is 0 Å². The fraction of sp³-hybridized carbons (Fsp3) is 1.00. The van der Waals surface area contributed by atoms with Gasteiger partial charge in [-0.15, -0.1) is 0 Å². The van der Waals surface area contributed by atoms with Gasteiger partial charge >= 0.3 is 0 Å². The maximum Gasteiger partial charge on any atom is 0.0781 e. The first-order valence-electron chi connectivity index (χ1n) is 5.51. The summed E-state index contributed by atoms with van der Waals surface area (Å²) in [5, 5.41) is 0. The molecule has 3 heteroatoms. The quantitative estimate of drug-likeness (QED) is 0.539. The summed E-state index contributed by atoms with van der Waals surface area (Å²) in [6.45, 7) is 11.0. The molecule has 0 bridgehead atoms. The number of hydrogen-bond acceptors (Lipinski definition) is 3. The van der Waals surface area contributed by atoms with Gasteiger partial charge in [0.1, 0.15) is 0 Å². The predicted octanol–water partition coefficient (Wildman–Crippen LogP) is 2.24. The van der Waals surface area contributed by atoms with Crippen LogP contribution < -0.4 is 0 Å². The van der Waals surface area contributed by atoms with E-state index in [1.54, 1.807) is 0 Å². The second-order valence-electron chi connectivity index (χ2n) is 3.48. The normalized spacial score (nSPS) is 15.4. The summed E-state index contributed by atoms with van der Waals surface area (Å²) in [5.74, 6) is 0. The molecule has 0 aromatic carbocycles. The van der Waals surface area contributed by atoms with Crippen LogP contribution in [0.2, 0.25) is 0 Å². The molecule has 0 spiro atoms. The SMILES string of the molecule is CCCOCC(C)OCC(C)OCC. The zero-order valence-corrected chi connectivity index (χ0v) is 9.91. The van der Waals surface area contributed by atoms with Gasteiger partial charge in [-0.3, -0.25) is 0 Å². The van der Waals surface area contributed by atoms with E-state index >= 15 is 0 Å². The first kappa shape index (κ1) is 13.9. The van der Waals surface area contributed by atoms with E-state index in [9.17, 15) is 0 Å². The molecule has 0 saturated carbocycles. The molecule has 0 aromatic rings. The molecule has 0 aliphatic rings. The molecule has 0 rings (SSSR count). The summed E-state index contributed by atoms with van der Waals surface area (Å²) in [6, 6.07) is 0. The van der Waals surface area contributed by atoms with E-state index in [2.05, 4.69) is 6.92 Å². The van der Waals surface area contributed by atoms with Crippen molar-refractivity contribution in [2.75, 3.05) is 26.4 Å². The van der Waals surface area contributed by atoms with Crippen LogP contribution in [0.1, 0.15) is 34.1 Å². The average molecular weight is 204 g/mol. The van der Waals surface area contributed by atoms with Gasteiger partial charge in [0, 0.05) is 13.2 Å². The van der Waals surface area contributed by atoms with Crippen LogP contribution in [-0.4, -0.2) is 38.6 Å². The van der Waals surface area contributed by atoms with E-state index in [4.69, 9.17) is 14.2 Å². The Morgan fingerprint density at radius 3 is 2.14 bits per heavy atom. The molecule has 0 amide bonds. The smallest absolute Gasteiger partial charge is 0.0781 e. The minimum Gasteiger partial charge on any atom is -0.379 e. The standard InChI is InChI=1S/C11H24O3/c1-5-7-12-8-10(3)14-9-11(4)13-6-2/h10-11H,5-9H2,1-4H3. The molecule has 2 unspecified atom stereocenters. The summed E-state index contributed by atoms with van der Waals surface area (Å²) >= 11 is 0. The van der Waals surface area contributed by atoms with Crippen molar-refractivity contribution in [3.05, 3.63) is 0 Å². The van der Waals surface area contributed by atoms with E-state index in [0.717, 1.165) is 19.6 Å². The van der Waals surface area contributed by atoms with Crippen molar-refractivity contribution in [2.45, 2.75) is 46.3 Å². The molecule has 0 aliphatic heterocycles. The molecular weight excluding hydrogens is 180 g/mol. The predicted molar refractivity (Wildman–Crippen MR) is 57.6 cm³/mol. The minimum atomic E-state index is 0.157. The van der Waals surface area contributed by atoms with Crippen molar-refractivity contribution < 1.29 is 14.2 Å². The molecule has 0 saturated heterocycles. The second kappa shape index (κ2) is 9.44. The third-order valence-electron chi connectivity index (χ3n) is 1.77. The van der Waals surface area contributed by atoms with E-state index in [1.165, 1.54) is 0 Å². The molecule has 0 heterocycles. The van der Waals surface area contributed by atoms with Gasteiger partial charge in [-0.1, -0.05) is 6.92 Å². The van der Waals surface area contributed by atoms with Crippen LogP contribution in [0.5, 0.6) is 0 Å². The first-order chi connectivity index (χ1) is 6.70. The Hall–Kier alpha value is -0.120. The highest BCUT2D eigenvalue weighted by molar-refractivity contribution is 4.51. The molecule has 3 nitrogen and oxygen atoms in total. The van der Waals surface area contributed by atoms with E-state index in [-0.39, 0.29) is 12.2 Å². The highest BCUT2D eigenvalue weighted by Crippen LogP contribution is 1.97. The Morgan fingerprint density at radius 2 is 1.57 bits per heavy atom. The Balaban J connectivity index is 3.29. The molecule has 0 aromatic heterocycles. The Kier molecular flexibility index (Phi) is 9.35. The van der Waals surface area contributed by atoms with Crippen LogP contribution in [0.4, 0.5) is 0 Å². The molecule has 86 valence electrons. The molecule has 0 aliphatic carbocycles. The zero-order chi connectivity index (χ0) is 10.8.